The summed E-state index contributed by atoms with van der Waals surface area (Å²) in [5.74, 6) is 2.77. The van der Waals surface area contributed by atoms with Crippen LogP contribution in [0.3, 0.4) is 0 Å². The second-order valence-electron chi connectivity index (χ2n) is 2.48. The van der Waals surface area contributed by atoms with Gasteiger partial charge in [0.05, 0.1) is 12.7 Å². The lowest BCUT2D eigenvalue weighted by molar-refractivity contribution is -0.133. The second-order valence-corrected chi connectivity index (χ2v) is 2.48. The molecule has 0 aliphatic rings. The average Bonchev–Trinajstić information content (AvgIpc) is 2.26. The predicted octanol–water partition coefficient (Wildman–Crippen LogP) is 0.304. The van der Waals surface area contributed by atoms with Crippen LogP contribution in [0.1, 0.15) is 16.1 Å². The van der Waals surface area contributed by atoms with Gasteiger partial charge in [0, 0.05) is 12.1 Å². The molecule has 0 saturated carbocycles. The molecule has 76 valence electrons. The maximum absolute atomic E-state index is 10.7. The average molecular weight is 205 g/mol. The molecule has 0 aliphatic carbocycles. The normalized spacial score (nSPS) is 8.60. The minimum absolute atomic E-state index is 0.0687. The highest BCUT2D eigenvalue weighted by atomic mass is 16.5. The number of carboxylic acids is 1. The number of hydrogen-bond donors (Lipinski definition) is 1. The van der Waals surface area contributed by atoms with E-state index in [0.29, 0.717) is 0 Å². The number of hydrogen-bond acceptors (Lipinski definition) is 4. The Morgan fingerprint density at radius 2 is 2.27 bits per heavy atom. The van der Waals surface area contributed by atoms with Crippen molar-refractivity contribution in [2.24, 2.45) is 0 Å². The van der Waals surface area contributed by atoms with Gasteiger partial charge in [0.1, 0.15) is 5.69 Å². The first-order chi connectivity index (χ1) is 7.13. The van der Waals surface area contributed by atoms with E-state index in [0.717, 1.165) is 0 Å². The van der Waals surface area contributed by atoms with Crippen molar-refractivity contribution in [3.05, 3.63) is 29.6 Å². The summed E-state index contributed by atoms with van der Waals surface area (Å²) in [5, 5.41) is 8.67. The molecule has 1 aromatic heterocycles. The number of pyridine rings is 1. The molecule has 1 rings (SSSR count). The van der Waals surface area contributed by atoms with Crippen LogP contribution in [0.2, 0.25) is 0 Å². The van der Waals surface area contributed by atoms with Crippen molar-refractivity contribution in [3.63, 3.8) is 0 Å². The summed E-state index contributed by atoms with van der Waals surface area (Å²) in [7, 11) is 1.21. The Hall–Kier alpha value is -2.35. The molecule has 5 heteroatoms. The molecule has 0 bridgehead atoms. The number of carboxylic acid groups (broad SMARTS) is 1. The molecule has 0 saturated heterocycles. The fraction of sp³-hybridized carbons (Fsp3) is 0.100. The predicted molar refractivity (Wildman–Crippen MR) is 50.1 cm³/mol. The molecule has 0 aromatic carbocycles. The zero-order chi connectivity index (χ0) is 11.3. The molecule has 15 heavy (non-hydrogen) atoms. The molecule has 0 fully saturated rings. The van der Waals surface area contributed by atoms with Gasteiger partial charge in [-0.05, 0) is 18.1 Å². The lowest BCUT2D eigenvalue weighted by Gasteiger charge is -1.93. The molecular formula is C10H7NO4. The van der Waals surface area contributed by atoms with Crippen LogP contribution < -0.4 is 0 Å². The van der Waals surface area contributed by atoms with Gasteiger partial charge in [-0.25, -0.2) is 14.6 Å². The summed E-state index contributed by atoms with van der Waals surface area (Å²) in [4.78, 5) is 25.0. The molecule has 0 unspecified atom stereocenters. The fourth-order valence-corrected chi connectivity index (χ4v) is 0.798. The fourth-order valence-electron chi connectivity index (χ4n) is 0.798. The van der Waals surface area contributed by atoms with Crippen LogP contribution in [0.15, 0.2) is 18.3 Å². The Morgan fingerprint density at radius 3 is 2.87 bits per heavy atom. The van der Waals surface area contributed by atoms with Crippen LogP contribution in [0.4, 0.5) is 0 Å². The van der Waals surface area contributed by atoms with E-state index >= 15 is 0 Å². The van der Waals surface area contributed by atoms with Crippen LogP contribution in [0, 0.1) is 11.8 Å². The van der Waals surface area contributed by atoms with Crippen molar-refractivity contribution in [2.45, 2.75) is 0 Å². The molecular weight excluding hydrogens is 198 g/mol. The van der Waals surface area contributed by atoms with E-state index in [1.165, 1.54) is 25.4 Å². The Morgan fingerprint density at radius 1 is 1.53 bits per heavy atom. The van der Waals surface area contributed by atoms with Crippen molar-refractivity contribution in [1.29, 1.82) is 0 Å². The minimum Gasteiger partial charge on any atom is -0.478 e. The monoisotopic (exact) mass is 205 g/mol. The van der Waals surface area contributed by atoms with Crippen molar-refractivity contribution < 1.29 is 19.4 Å². The number of carbonyl (C=O) groups excluding carboxylic acids is 1. The maximum atomic E-state index is 10.7. The van der Waals surface area contributed by atoms with Crippen molar-refractivity contribution >= 4 is 11.9 Å². The summed E-state index contributed by atoms with van der Waals surface area (Å²) in [5.41, 5.74) is 0.277. The summed E-state index contributed by atoms with van der Waals surface area (Å²) in [6, 6.07) is 2.62. The standard InChI is InChI=1S/C10H7NO4/c1-15-9(12)3-2-8-6-7(10(13)14)4-5-11-8/h4-6H,1H3,(H,13,14). The Bertz CT molecular complexity index is 456. The molecule has 0 atom stereocenters. The summed E-state index contributed by atoms with van der Waals surface area (Å²) in [6.07, 6.45) is 1.31. The van der Waals surface area contributed by atoms with E-state index in [-0.39, 0.29) is 11.3 Å². The SMILES string of the molecule is COC(=O)C#Cc1cc(C(=O)O)ccn1. The van der Waals surface area contributed by atoms with E-state index in [4.69, 9.17) is 5.11 Å². The number of rotatable bonds is 1. The second kappa shape index (κ2) is 4.77. The number of methoxy groups -OCH3 is 1. The third-order valence-electron chi connectivity index (χ3n) is 1.48. The van der Waals surface area contributed by atoms with Gasteiger partial charge in [-0.1, -0.05) is 0 Å². The summed E-state index contributed by atoms with van der Waals surface area (Å²) < 4.78 is 4.29. The summed E-state index contributed by atoms with van der Waals surface area (Å²) >= 11 is 0. The van der Waals surface area contributed by atoms with Crippen LogP contribution in [-0.4, -0.2) is 29.1 Å². The molecule has 5 nitrogen and oxygen atoms in total. The first-order valence-corrected chi connectivity index (χ1v) is 3.93. The van der Waals surface area contributed by atoms with Crippen LogP contribution >= 0.6 is 0 Å². The lowest BCUT2D eigenvalue weighted by atomic mass is 10.2. The van der Waals surface area contributed by atoms with Gasteiger partial charge >= 0.3 is 11.9 Å². The van der Waals surface area contributed by atoms with Gasteiger partial charge in [-0.2, -0.15) is 0 Å². The maximum Gasteiger partial charge on any atom is 0.384 e. The third-order valence-corrected chi connectivity index (χ3v) is 1.48. The van der Waals surface area contributed by atoms with E-state index in [1.54, 1.807) is 0 Å². The van der Waals surface area contributed by atoms with E-state index in [9.17, 15) is 9.59 Å². The van der Waals surface area contributed by atoms with Gasteiger partial charge in [-0.15, -0.1) is 0 Å². The van der Waals surface area contributed by atoms with Crippen molar-refractivity contribution in [3.8, 4) is 11.8 Å². The van der Waals surface area contributed by atoms with Crippen molar-refractivity contribution in [1.82, 2.24) is 4.98 Å². The topological polar surface area (TPSA) is 76.5 Å². The number of carbonyl (C=O) groups is 2. The number of aromatic carboxylic acids is 1. The molecule has 0 amide bonds. The number of esters is 1. The van der Waals surface area contributed by atoms with Crippen molar-refractivity contribution in [2.75, 3.05) is 7.11 Å². The molecule has 1 aromatic rings. The molecule has 0 aliphatic heterocycles. The van der Waals surface area contributed by atoms with E-state index in [1.807, 2.05) is 0 Å². The Labute approximate surface area is 85.7 Å². The van der Waals surface area contributed by atoms with Gasteiger partial charge < -0.3 is 9.84 Å². The first-order valence-electron chi connectivity index (χ1n) is 3.93. The number of aromatic nitrogens is 1. The quantitative estimate of drug-likeness (QED) is 0.527. The summed E-state index contributed by atoms with van der Waals surface area (Å²) in [6.45, 7) is 0. The number of ether oxygens (including phenoxy) is 1. The molecule has 1 heterocycles. The van der Waals surface area contributed by atoms with Crippen LogP contribution in [0.5, 0.6) is 0 Å². The van der Waals surface area contributed by atoms with Crippen LogP contribution in [0.25, 0.3) is 0 Å². The largest absolute Gasteiger partial charge is 0.478 e. The van der Waals surface area contributed by atoms with Gasteiger partial charge in [0.2, 0.25) is 0 Å². The molecule has 0 spiro atoms. The zero-order valence-corrected chi connectivity index (χ0v) is 7.85. The van der Waals surface area contributed by atoms with Crippen LogP contribution in [-0.2, 0) is 9.53 Å². The first kappa shape index (κ1) is 10.7. The van der Waals surface area contributed by atoms with Gasteiger partial charge in [0.25, 0.3) is 0 Å². The van der Waals surface area contributed by atoms with E-state index in [2.05, 4.69) is 21.6 Å². The number of nitrogens with zero attached hydrogens (tertiary/aromatic N) is 1. The van der Waals surface area contributed by atoms with Gasteiger partial charge in [-0.3, -0.25) is 0 Å². The highest BCUT2D eigenvalue weighted by molar-refractivity contribution is 5.90. The Balaban J connectivity index is 2.95. The smallest absolute Gasteiger partial charge is 0.384 e. The molecule has 0 radical (unpaired) electrons. The lowest BCUT2D eigenvalue weighted by Crippen LogP contribution is -1.98. The highest BCUT2D eigenvalue weighted by Gasteiger charge is 2.02. The Kier molecular flexibility index (Phi) is 3.41. The van der Waals surface area contributed by atoms with Gasteiger partial charge in [0.15, 0.2) is 0 Å². The zero-order valence-electron chi connectivity index (χ0n) is 7.85. The third kappa shape index (κ3) is 3.12. The molecule has 1 N–H and O–H groups in total. The highest BCUT2D eigenvalue weighted by Crippen LogP contribution is 2.00. The minimum atomic E-state index is -1.07. The van der Waals surface area contributed by atoms with E-state index < -0.39 is 11.9 Å².